The quantitative estimate of drug-likeness (QED) is 0.479. The summed E-state index contributed by atoms with van der Waals surface area (Å²) in [4.78, 5) is 17.3. The molecule has 2 heterocycles. The fraction of sp³-hybridized carbons (Fsp3) is 0.304. The molecule has 0 radical (unpaired) electrons. The molecule has 1 fully saturated rings. The van der Waals surface area contributed by atoms with Gasteiger partial charge in [-0.05, 0) is 56.3 Å². The van der Waals surface area contributed by atoms with Crippen molar-refractivity contribution >= 4 is 47.5 Å². The number of sulfonamides is 2. The Hall–Kier alpha value is -2.86. The molecule has 1 amide bonds. The number of amides is 1. The van der Waals surface area contributed by atoms with E-state index in [1.54, 1.807) is 10.6 Å². The number of rotatable bonds is 5. The van der Waals surface area contributed by atoms with Gasteiger partial charge in [-0.2, -0.15) is 9.30 Å². The van der Waals surface area contributed by atoms with Crippen LogP contribution >= 0.6 is 11.3 Å². The first-order chi connectivity index (χ1) is 16.9. The highest BCUT2D eigenvalue weighted by Crippen LogP contribution is 2.23. The van der Waals surface area contributed by atoms with E-state index in [0.717, 1.165) is 11.3 Å². The summed E-state index contributed by atoms with van der Waals surface area (Å²) in [7, 11) is -7.66. The minimum Gasteiger partial charge on any atom is -0.373 e. The lowest BCUT2D eigenvalue weighted by molar-refractivity contribution is -0.0440. The molecular formula is C23H24N4O6S3. The van der Waals surface area contributed by atoms with Gasteiger partial charge >= 0.3 is 0 Å². The Bertz CT molecular complexity index is 1640. The number of carbonyl (C=O) groups excluding carboxylic acids is 1. The molecule has 36 heavy (non-hydrogen) atoms. The Morgan fingerprint density at radius 1 is 1.11 bits per heavy atom. The maximum Gasteiger partial charge on any atom is 0.279 e. The van der Waals surface area contributed by atoms with Crippen molar-refractivity contribution in [3.63, 3.8) is 0 Å². The highest BCUT2D eigenvalue weighted by atomic mass is 32.2. The monoisotopic (exact) mass is 548 g/mol. The molecule has 2 N–H and O–H groups in total. The van der Waals surface area contributed by atoms with Crippen molar-refractivity contribution < 1.29 is 26.4 Å². The topological polar surface area (TPSA) is 141 Å². The summed E-state index contributed by atoms with van der Waals surface area (Å²) < 4.78 is 58.7. The Kier molecular flexibility index (Phi) is 7.20. The molecule has 0 aliphatic carbocycles. The number of ether oxygens (including phenoxy) is 1. The van der Waals surface area contributed by atoms with Crippen molar-refractivity contribution in [3.8, 4) is 12.3 Å². The molecule has 1 aromatic heterocycles. The summed E-state index contributed by atoms with van der Waals surface area (Å²) in [5, 5.41) is 5.22. The second-order valence-corrected chi connectivity index (χ2v) is 12.9. The number of hydrogen-bond donors (Lipinski definition) is 1. The number of nitrogens with zero attached hydrogens (tertiary/aromatic N) is 3. The van der Waals surface area contributed by atoms with E-state index in [9.17, 15) is 21.6 Å². The van der Waals surface area contributed by atoms with E-state index in [1.165, 1.54) is 40.7 Å². The lowest BCUT2D eigenvalue weighted by atomic mass is 10.2. The third-order valence-corrected chi connectivity index (χ3v) is 9.35. The number of primary sulfonamides is 1. The van der Waals surface area contributed by atoms with Crippen LogP contribution in [0.4, 0.5) is 0 Å². The van der Waals surface area contributed by atoms with Crippen LogP contribution in [0.15, 0.2) is 57.2 Å². The number of morpholine rings is 1. The number of thiazole rings is 1. The molecule has 2 atom stereocenters. The molecule has 1 saturated heterocycles. The van der Waals surface area contributed by atoms with Crippen LogP contribution in [0.3, 0.4) is 0 Å². The predicted octanol–water partition coefficient (Wildman–Crippen LogP) is 1.52. The van der Waals surface area contributed by atoms with Gasteiger partial charge in [0.05, 0.1) is 38.8 Å². The average Bonchev–Trinajstić information content (AvgIpc) is 3.14. The smallest absolute Gasteiger partial charge is 0.279 e. The van der Waals surface area contributed by atoms with Gasteiger partial charge in [0.15, 0.2) is 4.80 Å². The first-order valence-electron chi connectivity index (χ1n) is 10.8. The molecular weight excluding hydrogens is 524 g/mol. The van der Waals surface area contributed by atoms with Crippen LogP contribution < -0.4 is 9.94 Å². The van der Waals surface area contributed by atoms with Crippen molar-refractivity contribution in [1.82, 2.24) is 8.87 Å². The number of carbonyl (C=O) groups is 1. The number of benzene rings is 2. The zero-order valence-electron chi connectivity index (χ0n) is 19.5. The Labute approximate surface area is 213 Å². The van der Waals surface area contributed by atoms with E-state index in [4.69, 9.17) is 16.3 Å². The van der Waals surface area contributed by atoms with Gasteiger partial charge in [0, 0.05) is 18.7 Å². The summed E-state index contributed by atoms with van der Waals surface area (Å²) in [6.45, 7) is 4.23. The molecule has 4 rings (SSSR count). The van der Waals surface area contributed by atoms with Gasteiger partial charge in [-0.3, -0.25) is 4.79 Å². The first-order valence-corrected chi connectivity index (χ1v) is 14.6. The zero-order chi connectivity index (χ0) is 26.3. The zero-order valence-corrected chi connectivity index (χ0v) is 21.9. The minimum atomic E-state index is -3.91. The molecule has 0 unspecified atom stereocenters. The predicted molar refractivity (Wildman–Crippen MR) is 135 cm³/mol. The Balaban J connectivity index is 1.67. The Morgan fingerprint density at radius 2 is 1.72 bits per heavy atom. The molecule has 0 bridgehead atoms. The normalized spacial score (nSPS) is 19.9. The third-order valence-electron chi connectivity index (χ3n) is 5.55. The van der Waals surface area contributed by atoms with Crippen molar-refractivity contribution in [1.29, 1.82) is 0 Å². The number of terminal acetylenes is 1. The molecule has 1 aliphatic heterocycles. The molecule has 1 aliphatic rings. The van der Waals surface area contributed by atoms with Gasteiger partial charge in [0.1, 0.15) is 0 Å². The van der Waals surface area contributed by atoms with E-state index < -0.39 is 26.0 Å². The molecule has 3 aromatic rings. The van der Waals surface area contributed by atoms with Gasteiger partial charge in [-0.15, -0.1) is 6.42 Å². The van der Waals surface area contributed by atoms with Crippen LogP contribution in [0.2, 0.25) is 0 Å². The van der Waals surface area contributed by atoms with Crippen LogP contribution in [-0.2, 0) is 31.3 Å². The van der Waals surface area contributed by atoms with Crippen molar-refractivity contribution in [2.24, 2.45) is 10.1 Å². The standard InChI is InChI=1S/C23H24N4O6S3/c1-4-11-27-20-10-9-19(35(24,29)30)12-21(20)34-23(27)25-22(28)17-5-7-18(8-6-17)36(31,32)26-13-15(2)33-16(3)14-26/h1,5-10,12,15-16H,11,13-14H2,2-3H3,(H2,24,29,30)/t15-,16-/m0/s1. The van der Waals surface area contributed by atoms with Gasteiger partial charge in [0.2, 0.25) is 20.0 Å². The second-order valence-electron chi connectivity index (χ2n) is 8.37. The lowest BCUT2D eigenvalue weighted by Gasteiger charge is -2.34. The number of aromatic nitrogens is 1. The average molecular weight is 549 g/mol. The number of fused-ring (bicyclic) bond motifs is 1. The lowest BCUT2D eigenvalue weighted by Crippen LogP contribution is -2.48. The SMILES string of the molecule is C#CCn1c(=NC(=O)c2ccc(S(=O)(=O)N3C[C@H](C)O[C@@H](C)C3)cc2)sc2cc(S(N)(=O)=O)ccc21. The largest absolute Gasteiger partial charge is 0.373 e. The van der Waals surface area contributed by atoms with Crippen molar-refractivity contribution in [2.75, 3.05) is 13.1 Å². The summed E-state index contributed by atoms with van der Waals surface area (Å²) in [5.74, 6) is 1.90. The van der Waals surface area contributed by atoms with E-state index in [1.807, 2.05) is 13.8 Å². The molecule has 10 nitrogen and oxygen atoms in total. The maximum atomic E-state index is 13.1. The van der Waals surface area contributed by atoms with E-state index in [-0.39, 0.29) is 52.0 Å². The third kappa shape index (κ3) is 5.29. The van der Waals surface area contributed by atoms with Gasteiger partial charge in [-0.25, -0.2) is 22.0 Å². The van der Waals surface area contributed by atoms with Crippen LogP contribution in [0.5, 0.6) is 0 Å². The minimum absolute atomic E-state index is 0.0668. The highest BCUT2D eigenvalue weighted by molar-refractivity contribution is 7.89. The van der Waals surface area contributed by atoms with Crippen LogP contribution in [0.1, 0.15) is 24.2 Å². The molecule has 190 valence electrons. The van der Waals surface area contributed by atoms with Gasteiger partial charge < -0.3 is 9.30 Å². The second kappa shape index (κ2) is 9.89. The van der Waals surface area contributed by atoms with Crippen LogP contribution in [-0.4, -0.2) is 56.9 Å². The van der Waals surface area contributed by atoms with Gasteiger partial charge in [0.25, 0.3) is 5.91 Å². The molecule has 13 heteroatoms. The van der Waals surface area contributed by atoms with Crippen LogP contribution in [0.25, 0.3) is 10.2 Å². The maximum absolute atomic E-state index is 13.1. The highest BCUT2D eigenvalue weighted by Gasteiger charge is 2.32. The number of hydrogen-bond acceptors (Lipinski definition) is 7. The number of nitrogens with two attached hydrogens (primary N) is 1. The summed E-state index contributed by atoms with van der Waals surface area (Å²) in [6.07, 6.45) is 5.04. The summed E-state index contributed by atoms with van der Waals surface area (Å²) >= 11 is 1.09. The molecule has 0 spiro atoms. The van der Waals surface area contributed by atoms with Crippen LogP contribution in [0, 0.1) is 12.3 Å². The summed E-state index contributed by atoms with van der Waals surface area (Å²) in [5.41, 5.74) is 0.792. The van der Waals surface area contributed by atoms with Crippen molar-refractivity contribution in [2.45, 2.75) is 42.4 Å². The van der Waals surface area contributed by atoms with E-state index >= 15 is 0 Å². The van der Waals surface area contributed by atoms with E-state index in [2.05, 4.69) is 10.9 Å². The fourth-order valence-corrected chi connectivity index (χ4v) is 7.23. The van der Waals surface area contributed by atoms with Gasteiger partial charge in [-0.1, -0.05) is 17.3 Å². The first kappa shape index (κ1) is 26.2. The fourth-order valence-electron chi connectivity index (χ4n) is 3.96. The Morgan fingerprint density at radius 3 is 2.31 bits per heavy atom. The molecule has 0 saturated carbocycles. The van der Waals surface area contributed by atoms with Crippen molar-refractivity contribution in [3.05, 3.63) is 52.8 Å². The van der Waals surface area contributed by atoms with E-state index in [0.29, 0.717) is 10.2 Å². The molecule has 2 aromatic carbocycles. The summed E-state index contributed by atoms with van der Waals surface area (Å²) in [6, 6.07) is 9.88.